The van der Waals surface area contributed by atoms with E-state index in [-0.39, 0.29) is 0 Å². The van der Waals surface area contributed by atoms with Gasteiger partial charge in [0.25, 0.3) is 5.06 Å². The largest absolute Gasteiger partial charge is 0.370 e. The number of hydrogen-bond donors (Lipinski definition) is 0. The SMILES string of the molecule is FC(F)(Cl)C(Cl)(OC(F)(Cl)C(F)(Cl)Cl)C(F)(Cl)Cl. The van der Waals surface area contributed by atoms with Gasteiger partial charge in [0.15, 0.2) is 0 Å². The predicted molar refractivity (Wildman–Crippen MR) is 61.3 cm³/mol. The van der Waals surface area contributed by atoms with E-state index in [4.69, 9.17) is 11.6 Å². The third kappa shape index (κ3) is 4.07. The molecule has 0 saturated carbocycles. The maximum absolute atomic E-state index is 13.3. The monoisotopic (exact) mass is 416 g/mol. The Morgan fingerprint density at radius 1 is 0.611 bits per heavy atom. The Morgan fingerprint density at radius 2 is 0.944 bits per heavy atom. The van der Waals surface area contributed by atoms with Gasteiger partial charge in [-0.1, -0.05) is 58.0 Å². The Kier molecular flexibility index (Phi) is 5.94. The van der Waals surface area contributed by atoms with E-state index in [0.717, 1.165) is 0 Å². The Morgan fingerprint density at radius 3 is 1.11 bits per heavy atom. The van der Waals surface area contributed by atoms with Crippen molar-refractivity contribution in [2.45, 2.75) is 24.9 Å². The second-order valence-electron chi connectivity index (χ2n) is 2.71. The van der Waals surface area contributed by atoms with Gasteiger partial charge in [-0.15, -0.1) is 0 Å². The molecular weight excluding hydrogens is 419 g/mol. The van der Waals surface area contributed by atoms with Gasteiger partial charge in [0.05, 0.1) is 0 Å². The van der Waals surface area contributed by atoms with Crippen LogP contribution >= 0.6 is 81.2 Å². The van der Waals surface area contributed by atoms with Gasteiger partial charge in [0.1, 0.15) is 0 Å². The van der Waals surface area contributed by atoms with Crippen LogP contribution in [0.2, 0.25) is 0 Å². The molecule has 0 saturated heterocycles. The van der Waals surface area contributed by atoms with Crippen LogP contribution in [0.5, 0.6) is 0 Å². The molecule has 0 radical (unpaired) electrons. The van der Waals surface area contributed by atoms with E-state index in [2.05, 4.69) is 74.3 Å². The fourth-order valence-corrected chi connectivity index (χ4v) is 1.43. The highest BCUT2D eigenvalue weighted by atomic mass is 35.5. The molecule has 110 valence electrons. The van der Waals surface area contributed by atoms with Crippen molar-refractivity contribution in [2.24, 2.45) is 0 Å². The van der Waals surface area contributed by atoms with Crippen molar-refractivity contribution in [1.82, 2.24) is 0 Å². The maximum atomic E-state index is 13.3. The van der Waals surface area contributed by atoms with Crippen molar-refractivity contribution in [3.8, 4) is 0 Å². The molecule has 13 heteroatoms. The van der Waals surface area contributed by atoms with Gasteiger partial charge in [-0.3, -0.25) is 4.74 Å². The van der Waals surface area contributed by atoms with Crippen LogP contribution in [0.25, 0.3) is 0 Å². The molecule has 1 nitrogen and oxygen atoms in total. The number of alkyl halides is 12. The molecule has 0 aromatic carbocycles. The highest BCUT2D eigenvalue weighted by Crippen LogP contribution is 2.57. The van der Waals surface area contributed by atoms with E-state index in [1.54, 1.807) is 0 Å². The summed E-state index contributed by atoms with van der Waals surface area (Å²) in [7, 11) is 0. The molecule has 0 aliphatic rings. The van der Waals surface area contributed by atoms with Crippen molar-refractivity contribution in [2.75, 3.05) is 0 Å². The molecule has 0 rings (SSSR count). The van der Waals surface area contributed by atoms with E-state index in [1.807, 2.05) is 0 Å². The Hall–Kier alpha value is 1.64. The first kappa shape index (κ1) is 19.6. The van der Waals surface area contributed by atoms with E-state index in [1.165, 1.54) is 0 Å². The molecule has 0 N–H and O–H groups in total. The fourth-order valence-electron chi connectivity index (χ4n) is 0.511. The zero-order valence-corrected chi connectivity index (χ0v) is 12.7. The zero-order valence-electron chi connectivity index (χ0n) is 7.44. The minimum absolute atomic E-state index is 3.42. The smallest absolute Gasteiger partial charge is 0.294 e. The highest BCUT2D eigenvalue weighted by Gasteiger charge is 2.72. The van der Waals surface area contributed by atoms with Crippen LogP contribution in [0.1, 0.15) is 0 Å². The second-order valence-corrected chi connectivity index (χ2v) is 6.67. The number of halogens is 12. The third-order valence-corrected chi connectivity index (χ3v) is 4.01. The molecule has 0 aliphatic heterocycles. The van der Waals surface area contributed by atoms with E-state index < -0.39 is 24.9 Å². The predicted octanol–water partition coefficient (Wildman–Crippen LogP) is 5.83. The fraction of sp³-hybridized carbons (Fsp3) is 1.00. The van der Waals surface area contributed by atoms with Crippen LogP contribution in [-0.4, -0.2) is 24.9 Å². The average molecular weight is 419 g/mol. The summed E-state index contributed by atoms with van der Waals surface area (Å²) in [6, 6.07) is 0. The molecule has 2 atom stereocenters. The lowest BCUT2D eigenvalue weighted by Gasteiger charge is -2.39. The molecule has 0 aromatic heterocycles. The summed E-state index contributed by atoms with van der Waals surface area (Å²) in [5, 5.41) is -13.7. The third-order valence-electron chi connectivity index (χ3n) is 1.33. The van der Waals surface area contributed by atoms with Crippen LogP contribution in [0.3, 0.4) is 0 Å². The van der Waals surface area contributed by atoms with Crippen molar-refractivity contribution >= 4 is 81.2 Å². The lowest BCUT2D eigenvalue weighted by atomic mass is 10.3. The Labute approximate surface area is 132 Å². The van der Waals surface area contributed by atoms with Gasteiger partial charge in [0, 0.05) is 0 Å². The van der Waals surface area contributed by atoms with Crippen LogP contribution in [-0.2, 0) is 4.74 Å². The topological polar surface area (TPSA) is 9.23 Å². The van der Waals surface area contributed by atoms with E-state index in [9.17, 15) is 22.0 Å². The minimum atomic E-state index is -4.92. The molecule has 0 amide bonds. The molecule has 2 unspecified atom stereocenters. The normalized spacial score (nSPS) is 21.3. The molecule has 0 aliphatic carbocycles. The summed E-state index contributed by atoms with van der Waals surface area (Å²) in [4.78, 5) is 0. The molecule has 0 aromatic rings. The molecule has 0 heterocycles. The van der Waals surface area contributed by atoms with Crippen molar-refractivity contribution in [1.29, 1.82) is 0 Å². The van der Waals surface area contributed by atoms with Crippen LogP contribution in [0.4, 0.5) is 22.0 Å². The van der Waals surface area contributed by atoms with Crippen molar-refractivity contribution in [3.05, 3.63) is 0 Å². The Balaban J connectivity index is 5.58. The first-order chi connectivity index (χ1) is 7.46. The molecule has 0 fully saturated rings. The molecule has 0 bridgehead atoms. The minimum Gasteiger partial charge on any atom is -0.294 e. The van der Waals surface area contributed by atoms with Gasteiger partial charge >= 0.3 is 19.9 Å². The number of rotatable bonds is 5. The molecule has 0 spiro atoms. The standard InChI is InChI=1S/C5Cl7F5O/c6-1(2(7,8)13,4(11,15)16)18-5(12,17)3(9,10)14. The first-order valence-corrected chi connectivity index (χ1v) is 6.07. The molecular formula is C5Cl7F5O. The summed E-state index contributed by atoms with van der Waals surface area (Å²) in [6.07, 6.45) is 0. The Bertz CT molecular complexity index is 291. The van der Waals surface area contributed by atoms with E-state index in [0.29, 0.717) is 0 Å². The van der Waals surface area contributed by atoms with Gasteiger partial charge in [0.2, 0.25) is 0 Å². The highest BCUT2D eigenvalue weighted by molar-refractivity contribution is 6.54. The van der Waals surface area contributed by atoms with Gasteiger partial charge in [-0.05, 0) is 23.2 Å². The van der Waals surface area contributed by atoms with Crippen LogP contribution < -0.4 is 0 Å². The summed E-state index contributed by atoms with van der Waals surface area (Å²) in [5.74, 6) is 0. The maximum Gasteiger partial charge on any atom is 0.370 e. The summed E-state index contributed by atoms with van der Waals surface area (Å²) in [5.41, 5.74) is 0. The van der Waals surface area contributed by atoms with Crippen molar-refractivity contribution in [3.63, 3.8) is 0 Å². The molecule has 18 heavy (non-hydrogen) atoms. The lowest BCUT2D eigenvalue weighted by molar-refractivity contribution is -0.232. The quantitative estimate of drug-likeness (QED) is 0.402. The first-order valence-electron chi connectivity index (χ1n) is 3.43. The van der Waals surface area contributed by atoms with Crippen LogP contribution in [0.15, 0.2) is 0 Å². The van der Waals surface area contributed by atoms with Crippen LogP contribution in [0, 0.1) is 0 Å². The van der Waals surface area contributed by atoms with Gasteiger partial charge < -0.3 is 0 Å². The zero-order chi connectivity index (χ0) is 15.2. The number of hydrogen-bond acceptors (Lipinski definition) is 1. The summed E-state index contributed by atoms with van der Waals surface area (Å²) < 4.78 is 60.1. The summed E-state index contributed by atoms with van der Waals surface area (Å²) >= 11 is 32.1. The van der Waals surface area contributed by atoms with Gasteiger partial charge in [-0.25, -0.2) is 4.39 Å². The van der Waals surface area contributed by atoms with Crippen molar-refractivity contribution < 1.29 is 26.7 Å². The summed E-state index contributed by atoms with van der Waals surface area (Å²) in [6.45, 7) is 0. The van der Waals surface area contributed by atoms with E-state index >= 15 is 0 Å². The van der Waals surface area contributed by atoms with Gasteiger partial charge in [-0.2, -0.15) is 17.6 Å². The average Bonchev–Trinajstić information content (AvgIpc) is 1.95. The second kappa shape index (κ2) is 5.44. The number of ether oxygens (including phenoxy) is 1. The lowest BCUT2D eigenvalue weighted by Crippen LogP contribution is -2.58.